The SMILES string of the molecule is CSCCCN(C)C(=O)NCc1ccc(Br)s1. The van der Waals surface area contributed by atoms with Crippen molar-refractivity contribution in [3.05, 3.63) is 20.8 Å². The van der Waals surface area contributed by atoms with Gasteiger partial charge in [0.05, 0.1) is 10.3 Å². The third-order valence-corrected chi connectivity index (χ3v) is 4.55. The van der Waals surface area contributed by atoms with Gasteiger partial charge in [0.15, 0.2) is 0 Å². The van der Waals surface area contributed by atoms with Crippen LogP contribution >= 0.6 is 39.0 Å². The van der Waals surface area contributed by atoms with Crippen LogP contribution in [0, 0.1) is 0 Å². The average molecular weight is 337 g/mol. The van der Waals surface area contributed by atoms with Crippen LogP contribution in [0.25, 0.3) is 0 Å². The van der Waals surface area contributed by atoms with Crippen LogP contribution < -0.4 is 5.32 Å². The number of amides is 2. The lowest BCUT2D eigenvalue weighted by molar-refractivity contribution is 0.208. The van der Waals surface area contributed by atoms with Gasteiger partial charge in [-0.05, 0) is 46.5 Å². The lowest BCUT2D eigenvalue weighted by Gasteiger charge is -2.17. The second-order valence-electron chi connectivity index (χ2n) is 3.63. The zero-order chi connectivity index (χ0) is 12.7. The van der Waals surface area contributed by atoms with Gasteiger partial charge >= 0.3 is 6.03 Å². The highest BCUT2D eigenvalue weighted by atomic mass is 79.9. The lowest BCUT2D eigenvalue weighted by Crippen LogP contribution is -2.37. The Morgan fingerprint density at radius 2 is 2.35 bits per heavy atom. The fourth-order valence-electron chi connectivity index (χ4n) is 1.29. The number of hydrogen-bond donors (Lipinski definition) is 1. The van der Waals surface area contributed by atoms with Crippen molar-refractivity contribution in [2.75, 3.05) is 25.6 Å². The summed E-state index contributed by atoms with van der Waals surface area (Å²) in [7, 11) is 1.83. The minimum atomic E-state index is -0.00405. The Labute approximate surface area is 119 Å². The molecule has 1 aromatic heterocycles. The van der Waals surface area contributed by atoms with Crippen LogP contribution in [0.1, 0.15) is 11.3 Å². The fourth-order valence-corrected chi connectivity index (χ4v) is 3.13. The lowest BCUT2D eigenvalue weighted by atomic mass is 10.4. The van der Waals surface area contributed by atoms with E-state index in [9.17, 15) is 4.79 Å². The molecule has 1 aromatic rings. The summed E-state index contributed by atoms with van der Waals surface area (Å²) in [6.45, 7) is 1.41. The van der Waals surface area contributed by atoms with Crippen molar-refractivity contribution in [3.63, 3.8) is 0 Å². The second-order valence-corrected chi connectivity index (χ2v) is 7.17. The predicted molar refractivity (Wildman–Crippen MR) is 79.9 cm³/mol. The van der Waals surface area contributed by atoms with Crippen molar-refractivity contribution < 1.29 is 4.79 Å². The minimum Gasteiger partial charge on any atom is -0.333 e. The summed E-state index contributed by atoms with van der Waals surface area (Å²) >= 11 is 6.85. The van der Waals surface area contributed by atoms with Crippen molar-refractivity contribution in [3.8, 4) is 0 Å². The number of urea groups is 1. The molecule has 1 N–H and O–H groups in total. The van der Waals surface area contributed by atoms with Crippen LogP contribution in [-0.4, -0.2) is 36.5 Å². The average Bonchev–Trinajstić information content (AvgIpc) is 2.72. The van der Waals surface area contributed by atoms with Crippen molar-refractivity contribution in [1.82, 2.24) is 10.2 Å². The molecule has 0 unspecified atom stereocenters. The number of nitrogens with zero attached hydrogens (tertiary/aromatic N) is 1. The van der Waals surface area contributed by atoms with E-state index in [0.717, 1.165) is 27.4 Å². The first-order valence-corrected chi connectivity index (χ1v) is 8.36. The maximum absolute atomic E-state index is 11.7. The van der Waals surface area contributed by atoms with Gasteiger partial charge in [0.1, 0.15) is 0 Å². The summed E-state index contributed by atoms with van der Waals surface area (Å²) in [5.74, 6) is 1.09. The predicted octanol–water partition coefficient (Wildman–Crippen LogP) is 3.41. The normalized spacial score (nSPS) is 10.3. The molecule has 0 aliphatic heterocycles. The number of rotatable bonds is 6. The van der Waals surface area contributed by atoms with E-state index in [-0.39, 0.29) is 6.03 Å². The summed E-state index contributed by atoms with van der Waals surface area (Å²) in [4.78, 5) is 14.6. The van der Waals surface area contributed by atoms with Crippen LogP contribution in [0.2, 0.25) is 0 Å². The van der Waals surface area contributed by atoms with E-state index in [1.165, 1.54) is 0 Å². The van der Waals surface area contributed by atoms with Gasteiger partial charge in [0, 0.05) is 18.5 Å². The Bertz CT molecular complexity index is 357. The van der Waals surface area contributed by atoms with Crippen LogP contribution in [-0.2, 0) is 6.54 Å². The quantitative estimate of drug-likeness (QED) is 0.807. The summed E-state index contributed by atoms with van der Waals surface area (Å²) in [6.07, 6.45) is 3.12. The molecule has 0 atom stereocenters. The number of thioether (sulfide) groups is 1. The highest BCUT2D eigenvalue weighted by molar-refractivity contribution is 9.11. The molecular weight excluding hydrogens is 320 g/mol. The number of nitrogens with one attached hydrogen (secondary N) is 1. The van der Waals surface area contributed by atoms with Crippen LogP contribution in [0.4, 0.5) is 4.79 Å². The van der Waals surface area contributed by atoms with Crippen LogP contribution in [0.15, 0.2) is 15.9 Å². The summed E-state index contributed by atoms with van der Waals surface area (Å²) in [5.41, 5.74) is 0. The minimum absolute atomic E-state index is 0.00405. The van der Waals surface area contributed by atoms with E-state index in [1.54, 1.807) is 28.0 Å². The molecule has 3 nitrogen and oxygen atoms in total. The Hall–Kier alpha value is -0.200. The van der Waals surface area contributed by atoms with Crippen molar-refractivity contribution >= 4 is 45.1 Å². The second kappa shape index (κ2) is 8.00. The van der Waals surface area contributed by atoms with Crippen LogP contribution in [0.3, 0.4) is 0 Å². The fraction of sp³-hybridized carbons (Fsp3) is 0.545. The van der Waals surface area contributed by atoms with Gasteiger partial charge in [-0.2, -0.15) is 11.8 Å². The van der Waals surface area contributed by atoms with Crippen molar-refractivity contribution in [2.45, 2.75) is 13.0 Å². The molecule has 0 aliphatic carbocycles. The number of thiophene rings is 1. The molecular formula is C11H17BrN2OS2. The maximum Gasteiger partial charge on any atom is 0.317 e. The molecule has 0 saturated heterocycles. The Balaban J connectivity index is 2.24. The van der Waals surface area contributed by atoms with Crippen molar-refractivity contribution in [2.24, 2.45) is 0 Å². The van der Waals surface area contributed by atoms with Gasteiger partial charge in [-0.15, -0.1) is 11.3 Å². The molecule has 0 saturated carbocycles. The summed E-state index contributed by atoms with van der Waals surface area (Å²) in [6, 6.07) is 4.01. The van der Waals surface area contributed by atoms with Gasteiger partial charge in [0.25, 0.3) is 0 Å². The molecule has 0 spiro atoms. The number of carbonyl (C=O) groups is 1. The largest absolute Gasteiger partial charge is 0.333 e. The first kappa shape index (κ1) is 14.9. The Morgan fingerprint density at radius 1 is 1.59 bits per heavy atom. The molecule has 17 heavy (non-hydrogen) atoms. The van der Waals surface area contributed by atoms with Gasteiger partial charge in [0.2, 0.25) is 0 Å². The van der Waals surface area contributed by atoms with Gasteiger partial charge < -0.3 is 10.2 Å². The maximum atomic E-state index is 11.7. The van der Waals surface area contributed by atoms with E-state index in [0.29, 0.717) is 6.54 Å². The van der Waals surface area contributed by atoms with E-state index >= 15 is 0 Å². The zero-order valence-corrected chi connectivity index (χ0v) is 13.3. The van der Waals surface area contributed by atoms with E-state index in [4.69, 9.17) is 0 Å². The summed E-state index contributed by atoms with van der Waals surface area (Å²) < 4.78 is 1.09. The number of hydrogen-bond acceptors (Lipinski definition) is 3. The molecule has 0 bridgehead atoms. The highest BCUT2D eigenvalue weighted by Crippen LogP contribution is 2.21. The molecule has 0 aliphatic rings. The molecule has 96 valence electrons. The smallest absolute Gasteiger partial charge is 0.317 e. The molecule has 1 rings (SSSR count). The van der Waals surface area contributed by atoms with E-state index < -0.39 is 0 Å². The third-order valence-electron chi connectivity index (χ3n) is 2.23. The third kappa shape index (κ3) is 5.79. The first-order valence-electron chi connectivity index (χ1n) is 5.35. The molecule has 0 aromatic carbocycles. The zero-order valence-electron chi connectivity index (χ0n) is 10.0. The van der Waals surface area contributed by atoms with E-state index in [1.807, 2.05) is 19.2 Å². The summed E-state index contributed by atoms with van der Waals surface area (Å²) in [5, 5.41) is 2.91. The monoisotopic (exact) mass is 336 g/mol. The Kier molecular flexibility index (Phi) is 6.99. The molecule has 2 amide bonds. The molecule has 0 fully saturated rings. The Morgan fingerprint density at radius 3 is 2.94 bits per heavy atom. The van der Waals surface area contributed by atoms with E-state index in [2.05, 4.69) is 27.5 Å². The van der Waals surface area contributed by atoms with Crippen molar-refractivity contribution in [1.29, 1.82) is 0 Å². The van der Waals surface area contributed by atoms with Gasteiger partial charge in [-0.25, -0.2) is 4.79 Å². The van der Waals surface area contributed by atoms with Gasteiger partial charge in [-0.3, -0.25) is 0 Å². The molecule has 6 heteroatoms. The standard InChI is InChI=1S/C11H17BrN2OS2/c1-14(6-3-7-16-2)11(15)13-8-9-4-5-10(12)17-9/h4-5H,3,6-8H2,1-2H3,(H,13,15). The topological polar surface area (TPSA) is 32.3 Å². The number of carbonyl (C=O) groups excluding carboxylic acids is 1. The van der Waals surface area contributed by atoms with Gasteiger partial charge in [-0.1, -0.05) is 0 Å². The highest BCUT2D eigenvalue weighted by Gasteiger charge is 2.07. The molecule has 0 radical (unpaired) electrons. The molecule has 1 heterocycles. The number of halogens is 1. The van der Waals surface area contributed by atoms with Crippen LogP contribution in [0.5, 0.6) is 0 Å². The first-order chi connectivity index (χ1) is 8.13.